The van der Waals surface area contributed by atoms with E-state index in [0.717, 1.165) is 11.1 Å². The van der Waals surface area contributed by atoms with Crippen molar-refractivity contribution in [3.8, 4) is 11.5 Å². The summed E-state index contributed by atoms with van der Waals surface area (Å²) >= 11 is 0. The van der Waals surface area contributed by atoms with Crippen LogP contribution in [0.3, 0.4) is 0 Å². The van der Waals surface area contributed by atoms with Crippen molar-refractivity contribution in [2.24, 2.45) is 0 Å². The van der Waals surface area contributed by atoms with Crippen molar-refractivity contribution < 1.29 is 14.3 Å². The molecule has 1 aromatic carbocycles. The van der Waals surface area contributed by atoms with Gasteiger partial charge in [0.2, 0.25) is 11.8 Å². The number of benzene rings is 1. The summed E-state index contributed by atoms with van der Waals surface area (Å²) in [5.74, 6) is -0.119. The average molecular weight is 261 g/mol. The number of aliphatic carboxylic acids is 1. The van der Waals surface area contributed by atoms with Gasteiger partial charge in [-0.25, -0.2) is 0 Å². The fourth-order valence-electron chi connectivity index (χ4n) is 1.55. The van der Waals surface area contributed by atoms with E-state index in [1.54, 1.807) is 6.92 Å². The van der Waals surface area contributed by atoms with E-state index in [9.17, 15) is 4.79 Å². The maximum absolute atomic E-state index is 10.7. The zero-order valence-corrected chi connectivity index (χ0v) is 10.8. The lowest BCUT2D eigenvalue weighted by Gasteiger charge is -2.05. The molecule has 2 rings (SSSR count). The summed E-state index contributed by atoms with van der Waals surface area (Å²) in [7, 11) is 0. The molecule has 2 N–H and O–H groups in total. The molecule has 0 amide bonds. The summed E-state index contributed by atoms with van der Waals surface area (Å²) in [5, 5.41) is 19.4. The van der Waals surface area contributed by atoms with Gasteiger partial charge in [-0.15, -0.1) is 10.2 Å². The molecule has 6 heteroatoms. The summed E-state index contributed by atoms with van der Waals surface area (Å²) in [5.41, 5.74) is 1.96. The molecular weight excluding hydrogens is 246 g/mol. The van der Waals surface area contributed by atoms with E-state index in [4.69, 9.17) is 9.52 Å². The van der Waals surface area contributed by atoms with Gasteiger partial charge >= 0.3 is 5.97 Å². The van der Waals surface area contributed by atoms with Gasteiger partial charge in [-0.2, -0.15) is 0 Å². The molecule has 6 nitrogen and oxygen atoms in total. The van der Waals surface area contributed by atoms with Crippen molar-refractivity contribution in [3.05, 3.63) is 35.7 Å². The third-order valence-corrected chi connectivity index (χ3v) is 2.66. The highest BCUT2D eigenvalue weighted by Gasteiger charge is 2.13. The van der Waals surface area contributed by atoms with Crippen LogP contribution in [0.2, 0.25) is 0 Å². The first-order chi connectivity index (χ1) is 9.06. The van der Waals surface area contributed by atoms with Crippen LogP contribution in [0.15, 0.2) is 28.7 Å². The number of carboxylic acids is 1. The number of hydrogen-bond acceptors (Lipinski definition) is 5. The highest BCUT2D eigenvalue weighted by Crippen LogP contribution is 2.18. The van der Waals surface area contributed by atoms with E-state index in [2.05, 4.69) is 15.5 Å². The van der Waals surface area contributed by atoms with Crippen molar-refractivity contribution in [2.75, 3.05) is 0 Å². The minimum Gasteiger partial charge on any atom is -0.480 e. The molecule has 0 aliphatic rings. The van der Waals surface area contributed by atoms with Crippen LogP contribution in [0.25, 0.3) is 11.5 Å². The fourth-order valence-corrected chi connectivity index (χ4v) is 1.55. The van der Waals surface area contributed by atoms with Gasteiger partial charge in [0.25, 0.3) is 0 Å². The summed E-state index contributed by atoms with van der Waals surface area (Å²) in [6.07, 6.45) is 0. The van der Waals surface area contributed by atoms with Crippen molar-refractivity contribution in [3.63, 3.8) is 0 Å². The molecule has 0 saturated carbocycles. The molecule has 0 unspecified atom stereocenters. The summed E-state index contributed by atoms with van der Waals surface area (Å²) in [6.45, 7) is 3.77. The highest BCUT2D eigenvalue weighted by atomic mass is 16.4. The van der Waals surface area contributed by atoms with Crippen LogP contribution in [0.4, 0.5) is 0 Å². The molecule has 0 aliphatic heterocycles. The number of carbonyl (C=O) groups is 1. The first kappa shape index (κ1) is 13.2. The first-order valence-corrected chi connectivity index (χ1v) is 5.92. The van der Waals surface area contributed by atoms with Gasteiger partial charge < -0.3 is 9.52 Å². The quantitative estimate of drug-likeness (QED) is 0.850. The Bertz CT molecular complexity index is 580. The van der Waals surface area contributed by atoms with Gasteiger partial charge in [-0.05, 0) is 26.0 Å². The number of carboxylic acid groups (broad SMARTS) is 1. The van der Waals surface area contributed by atoms with Crippen molar-refractivity contribution >= 4 is 5.97 Å². The third-order valence-electron chi connectivity index (χ3n) is 2.66. The Morgan fingerprint density at radius 1 is 1.47 bits per heavy atom. The molecular formula is C13H15N3O3. The first-order valence-electron chi connectivity index (χ1n) is 5.92. The molecule has 100 valence electrons. The van der Waals surface area contributed by atoms with Crippen LogP contribution in [0.5, 0.6) is 0 Å². The van der Waals surface area contributed by atoms with Gasteiger partial charge in [0.05, 0.1) is 6.54 Å². The number of aryl methyl sites for hydroxylation is 1. The topological polar surface area (TPSA) is 88.2 Å². The van der Waals surface area contributed by atoms with Gasteiger partial charge in [-0.1, -0.05) is 17.7 Å². The summed E-state index contributed by atoms with van der Waals surface area (Å²) < 4.78 is 5.48. The molecule has 1 atom stereocenters. The van der Waals surface area contributed by atoms with E-state index in [0.29, 0.717) is 11.8 Å². The van der Waals surface area contributed by atoms with E-state index in [1.807, 2.05) is 31.2 Å². The normalized spacial score (nSPS) is 12.3. The van der Waals surface area contributed by atoms with Crippen LogP contribution >= 0.6 is 0 Å². The van der Waals surface area contributed by atoms with Gasteiger partial charge in [0.1, 0.15) is 6.04 Å². The largest absolute Gasteiger partial charge is 0.480 e. The van der Waals surface area contributed by atoms with Crippen LogP contribution in [-0.2, 0) is 11.3 Å². The average Bonchev–Trinajstić information content (AvgIpc) is 2.84. The lowest BCUT2D eigenvalue weighted by Crippen LogP contribution is -2.33. The Hall–Kier alpha value is -2.21. The molecule has 1 heterocycles. The van der Waals surface area contributed by atoms with Crippen LogP contribution in [0, 0.1) is 6.92 Å². The summed E-state index contributed by atoms with van der Waals surface area (Å²) in [6, 6.07) is 7.08. The lowest BCUT2D eigenvalue weighted by molar-refractivity contribution is -0.139. The number of hydrogen-bond donors (Lipinski definition) is 2. The highest BCUT2D eigenvalue weighted by molar-refractivity contribution is 5.72. The van der Waals surface area contributed by atoms with E-state index in [-0.39, 0.29) is 6.54 Å². The van der Waals surface area contributed by atoms with E-state index in [1.165, 1.54) is 0 Å². The Labute approximate surface area is 110 Å². The third kappa shape index (κ3) is 3.38. The molecule has 0 bridgehead atoms. The van der Waals surface area contributed by atoms with Gasteiger partial charge in [0, 0.05) is 5.56 Å². The SMILES string of the molecule is Cc1cccc(-c2nnc(CN[C@@H](C)C(=O)O)o2)c1. The molecule has 0 fully saturated rings. The number of nitrogens with zero attached hydrogens (tertiary/aromatic N) is 2. The predicted molar refractivity (Wildman–Crippen MR) is 68.4 cm³/mol. The van der Waals surface area contributed by atoms with Crippen molar-refractivity contribution in [2.45, 2.75) is 26.4 Å². The fraction of sp³-hybridized carbons (Fsp3) is 0.308. The summed E-state index contributed by atoms with van der Waals surface area (Å²) in [4.78, 5) is 10.7. The minimum absolute atomic E-state index is 0.228. The number of nitrogens with one attached hydrogen (secondary N) is 1. The molecule has 0 saturated heterocycles. The molecule has 0 spiro atoms. The van der Waals surface area contributed by atoms with Crippen molar-refractivity contribution in [1.29, 1.82) is 0 Å². The molecule has 19 heavy (non-hydrogen) atoms. The maximum Gasteiger partial charge on any atom is 0.320 e. The van der Waals surface area contributed by atoms with Crippen LogP contribution in [-0.4, -0.2) is 27.3 Å². The molecule has 1 aromatic heterocycles. The molecule has 0 aliphatic carbocycles. The molecule has 0 radical (unpaired) electrons. The number of rotatable bonds is 5. The van der Waals surface area contributed by atoms with Crippen LogP contribution < -0.4 is 5.32 Å². The smallest absolute Gasteiger partial charge is 0.320 e. The van der Waals surface area contributed by atoms with Gasteiger partial charge in [-0.3, -0.25) is 10.1 Å². The molecule has 2 aromatic rings. The Morgan fingerprint density at radius 2 is 2.26 bits per heavy atom. The van der Waals surface area contributed by atoms with E-state index < -0.39 is 12.0 Å². The second-order valence-electron chi connectivity index (χ2n) is 4.31. The predicted octanol–water partition coefficient (Wildman–Crippen LogP) is 1.61. The zero-order valence-electron chi connectivity index (χ0n) is 10.8. The Balaban J connectivity index is 2.05. The minimum atomic E-state index is -0.918. The van der Waals surface area contributed by atoms with Crippen molar-refractivity contribution in [1.82, 2.24) is 15.5 Å². The second kappa shape index (κ2) is 5.62. The second-order valence-corrected chi connectivity index (χ2v) is 4.31. The zero-order chi connectivity index (χ0) is 13.8. The maximum atomic E-state index is 10.7. The van der Waals surface area contributed by atoms with E-state index >= 15 is 0 Å². The Morgan fingerprint density at radius 3 is 2.95 bits per heavy atom. The Kier molecular flexibility index (Phi) is 3.91. The van der Waals surface area contributed by atoms with Gasteiger partial charge in [0.15, 0.2) is 0 Å². The number of aromatic nitrogens is 2. The van der Waals surface area contributed by atoms with Crippen LogP contribution in [0.1, 0.15) is 18.4 Å². The standard InChI is InChI=1S/C13H15N3O3/c1-8-4-3-5-10(6-8)12-16-15-11(19-12)7-14-9(2)13(17)18/h3-6,9,14H,7H2,1-2H3,(H,17,18)/t9-/m0/s1. The monoisotopic (exact) mass is 261 g/mol. The lowest BCUT2D eigenvalue weighted by atomic mass is 10.1.